The summed E-state index contributed by atoms with van der Waals surface area (Å²) in [5.41, 5.74) is -0.518. The van der Waals surface area contributed by atoms with Gasteiger partial charge in [0.1, 0.15) is 0 Å². The van der Waals surface area contributed by atoms with Crippen molar-refractivity contribution in [1.29, 1.82) is 0 Å². The maximum atomic E-state index is 12.4. The fourth-order valence-corrected chi connectivity index (χ4v) is 2.33. The monoisotopic (exact) mass is 291 g/mol. The van der Waals surface area contributed by atoms with Crippen molar-refractivity contribution < 1.29 is 14.7 Å². The topological polar surface area (TPSA) is 57.6 Å². The first kappa shape index (κ1) is 17.2. The van der Waals surface area contributed by atoms with Crippen LogP contribution in [0, 0.1) is 0 Å². The zero-order valence-electron chi connectivity index (χ0n) is 13.1. The standard InChI is InChI=1S/C17H25NO3/c1-4-6-12-18(5-2)15(19)13-17(3,16(20)21)14-10-8-7-9-11-14/h7-11H,4-6,12-13H2,1-3H3,(H,20,21). The van der Waals surface area contributed by atoms with E-state index < -0.39 is 11.4 Å². The van der Waals surface area contributed by atoms with Crippen molar-refractivity contribution in [2.24, 2.45) is 0 Å². The largest absolute Gasteiger partial charge is 0.481 e. The smallest absolute Gasteiger partial charge is 0.314 e. The third-order valence-electron chi connectivity index (χ3n) is 3.90. The number of carbonyl (C=O) groups excluding carboxylic acids is 1. The highest BCUT2D eigenvalue weighted by atomic mass is 16.4. The number of amides is 1. The summed E-state index contributed by atoms with van der Waals surface area (Å²) in [5.74, 6) is -1.06. The molecule has 0 aliphatic heterocycles. The lowest BCUT2D eigenvalue weighted by Gasteiger charge is -2.28. The van der Waals surface area contributed by atoms with Gasteiger partial charge in [0.25, 0.3) is 0 Å². The minimum Gasteiger partial charge on any atom is -0.481 e. The molecule has 1 atom stereocenters. The molecule has 0 aliphatic rings. The molecule has 4 nitrogen and oxygen atoms in total. The second-order valence-corrected chi connectivity index (χ2v) is 5.51. The Labute approximate surface area is 126 Å². The molecule has 0 radical (unpaired) electrons. The molecule has 0 aromatic heterocycles. The van der Waals surface area contributed by atoms with E-state index in [0.717, 1.165) is 12.8 Å². The lowest BCUT2D eigenvalue weighted by Crippen LogP contribution is -2.41. The first-order chi connectivity index (χ1) is 9.95. The molecule has 1 N–H and O–H groups in total. The van der Waals surface area contributed by atoms with Crippen molar-refractivity contribution in [3.05, 3.63) is 35.9 Å². The Kier molecular flexibility index (Phi) is 6.40. The molecular formula is C17H25NO3. The minimum absolute atomic E-state index is 0.0100. The highest BCUT2D eigenvalue weighted by Gasteiger charge is 2.38. The van der Waals surface area contributed by atoms with Gasteiger partial charge in [-0.2, -0.15) is 0 Å². The minimum atomic E-state index is -1.18. The normalized spacial score (nSPS) is 13.5. The maximum absolute atomic E-state index is 12.4. The Bertz CT molecular complexity index is 472. The summed E-state index contributed by atoms with van der Waals surface area (Å²) in [7, 11) is 0. The molecule has 0 bridgehead atoms. The van der Waals surface area contributed by atoms with Gasteiger partial charge in [-0.25, -0.2) is 0 Å². The lowest BCUT2D eigenvalue weighted by molar-refractivity contribution is -0.147. The van der Waals surface area contributed by atoms with E-state index in [-0.39, 0.29) is 12.3 Å². The first-order valence-corrected chi connectivity index (χ1v) is 7.52. The summed E-state index contributed by atoms with van der Waals surface area (Å²) in [5, 5.41) is 9.59. The van der Waals surface area contributed by atoms with Gasteiger partial charge in [0.05, 0.1) is 5.41 Å². The van der Waals surface area contributed by atoms with Gasteiger partial charge < -0.3 is 10.0 Å². The molecule has 1 aromatic rings. The lowest BCUT2D eigenvalue weighted by atomic mass is 9.79. The van der Waals surface area contributed by atoms with Crippen molar-refractivity contribution in [1.82, 2.24) is 4.90 Å². The van der Waals surface area contributed by atoms with Gasteiger partial charge in [-0.1, -0.05) is 43.7 Å². The third kappa shape index (κ3) is 4.31. The molecule has 1 rings (SSSR count). The summed E-state index contributed by atoms with van der Waals surface area (Å²) in [4.78, 5) is 25.9. The molecule has 1 unspecified atom stereocenters. The second kappa shape index (κ2) is 7.81. The summed E-state index contributed by atoms with van der Waals surface area (Å²) >= 11 is 0. The van der Waals surface area contributed by atoms with Gasteiger partial charge in [-0.3, -0.25) is 9.59 Å². The number of hydrogen-bond acceptors (Lipinski definition) is 2. The third-order valence-corrected chi connectivity index (χ3v) is 3.90. The van der Waals surface area contributed by atoms with E-state index in [9.17, 15) is 14.7 Å². The number of unbranched alkanes of at least 4 members (excludes halogenated alkanes) is 1. The maximum Gasteiger partial charge on any atom is 0.314 e. The zero-order valence-corrected chi connectivity index (χ0v) is 13.1. The molecule has 0 aliphatic carbocycles. The Hall–Kier alpha value is -1.84. The highest BCUT2D eigenvalue weighted by Crippen LogP contribution is 2.28. The van der Waals surface area contributed by atoms with Crippen LogP contribution in [0.25, 0.3) is 0 Å². The molecule has 0 saturated heterocycles. The Morgan fingerprint density at radius 3 is 2.29 bits per heavy atom. The van der Waals surface area contributed by atoms with Crippen LogP contribution in [0.1, 0.15) is 45.6 Å². The van der Waals surface area contributed by atoms with Crippen LogP contribution in [0.2, 0.25) is 0 Å². The molecule has 0 heterocycles. The summed E-state index contributed by atoms with van der Waals surface area (Å²) in [6.07, 6.45) is 1.94. The SMILES string of the molecule is CCCCN(CC)C(=O)CC(C)(C(=O)O)c1ccccc1. The average molecular weight is 291 g/mol. The van der Waals surface area contributed by atoms with Crippen LogP contribution < -0.4 is 0 Å². The van der Waals surface area contributed by atoms with Crippen molar-refractivity contribution >= 4 is 11.9 Å². The first-order valence-electron chi connectivity index (χ1n) is 7.52. The van der Waals surface area contributed by atoms with Crippen LogP contribution in [0.5, 0.6) is 0 Å². The molecule has 0 saturated carbocycles. The number of carboxylic acids is 1. The van der Waals surface area contributed by atoms with Gasteiger partial charge >= 0.3 is 5.97 Å². The zero-order chi connectivity index (χ0) is 15.9. The number of rotatable bonds is 8. The molecule has 0 fully saturated rings. The van der Waals surface area contributed by atoms with Gasteiger partial charge in [-0.05, 0) is 25.8 Å². The number of carbonyl (C=O) groups is 2. The van der Waals surface area contributed by atoms with Crippen LogP contribution in [0.3, 0.4) is 0 Å². The van der Waals surface area contributed by atoms with Crippen molar-refractivity contribution in [3.63, 3.8) is 0 Å². The van der Waals surface area contributed by atoms with Crippen LogP contribution in [-0.2, 0) is 15.0 Å². The molecule has 116 valence electrons. The van der Waals surface area contributed by atoms with E-state index in [2.05, 4.69) is 6.92 Å². The average Bonchev–Trinajstić information content (AvgIpc) is 2.48. The van der Waals surface area contributed by atoms with Crippen LogP contribution >= 0.6 is 0 Å². The van der Waals surface area contributed by atoms with Crippen molar-refractivity contribution in [2.45, 2.75) is 45.4 Å². The molecule has 1 aromatic carbocycles. The van der Waals surface area contributed by atoms with Crippen molar-refractivity contribution in [2.75, 3.05) is 13.1 Å². The van der Waals surface area contributed by atoms with Gasteiger partial charge in [0.15, 0.2) is 0 Å². The summed E-state index contributed by atoms with van der Waals surface area (Å²) in [6.45, 7) is 6.92. The fourth-order valence-electron chi connectivity index (χ4n) is 2.33. The number of carboxylic acid groups (broad SMARTS) is 1. The Morgan fingerprint density at radius 1 is 1.19 bits per heavy atom. The van der Waals surface area contributed by atoms with E-state index >= 15 is 0 Å². The number of hydrogen-bond donors (Lipinski definition) is 1. The second-order valence-electron chi connectivity index (χ2n) is 5.51. The van der Waals surface area contributed by atoms with Crippen LogP contribution in [0.4, 0.5) is 0 Å². The fraction of sp³-hybridized carbons (Fsp3) is 0.529. The number of benzene rings is 1. The van der Waals surface area contributed by atoms with E-state index in [1.165, 1.54) is 0 Å². The van der Waals surface area contributed by atoms with E-state index in [4.69, 9.17) is 0 Å². The molecule has 21 heavy (non-hydrogen) atoms. The molecular weight excluding hydrogens is 266 g/mol. The van der Waals surface area contributed by atoms with Crippen LogP contribution in [-0.4, -0.2) is 35.0 Å². The number of nitrogens with zero attached hydrogens (tertiary/aromatic N) is 1. The predicted molar refractivity (Wildman–Crippen MR) is 83.2 cm³/mol. The molecule has 0 spiro atoms. The van der Waals surface area contributed by atoms with Gasteiger partial charge in [0, 0.05) is 19.5 Å². The molecule has 1 amide bonds. The number of aliphatic carboxylic acids is 1. The summed E-state index contributed by atoms with van der Waals surface area (Å²) < 4.78 is 0. The van der Waals surface area contributed by atoms with E-state index in [1.54, 1.807) is 36.1 Å². The summed E-state index contributed by atoms with van der Waals surface area (Å²) in [6, 6.07) is 8.98. The van der Waals surface area contributed by atoms with E-state index in [0.29, 0.717) is 18.7 Å². The van der Waals surface area contributed by atoms with E-state index in [1.807, 2.05) is 13.0 Å². The quantitative estimate of drug-likeness (QED) is 0.801. The van der Waals surface area contributed by atoms with Gasteiger partial charge in [0.2, 0.25) is 5.91 Å². The Morgan fingerprint density at radius 2 is 1.81 bits per heavy atom. The highest BCUT2D eigenvalue weighted by molar-refractivity contribution is 5.89. The Balaban J connectivity index is 2.93. The molecule has 4 heteroatoms. The predicted octanol–water partition coefficient (Wildman–Crippen LogP) is 3.07. The van der Waals surface area contributed by atoms with Crippen molar-refractivity contribution in [3.8, 4) is 0 Å². The van der Waals surface area contributed by atoms with Crippen LogP contribution in [0.15, 0.2) is 30.3 Å². The van der Waals surface area contributed by atoms with Gasteiger partial charge in [-0.15, -0.1) is 0 Å².